The Labute approximate surface area is 150 Å². The van der Waals surface area contributed by atoms with Crippen LogP contribution in [0.1, 0.15) is 16.0 Å². The van der Waals surface area contributed by atoms with Crippen molar-refractivity contribution in [3.63, 3.8) is 0 Å². The number of nitrogens with zero attached hydrogens (tertiary/aromatic N) is 1. The van der Waals surface area contributed by atoms with Crippen molar-refractivity contribution >= 4 is 11.3 Å². The summed E-state index contributed by atoms with van der Waals surface area (Å²) in [5, 5.41) is 1.27. The molecule has 3 aromatic rings. The molecule has 0 unspecified atom stereocenters. The van der Waals surface area contributed by atoms with E-state index in [0.29, 0.717) is 11.3 Å². The average Bonchev–Trinajstić information content (AvgIpc) is 3.03. The second kappa shape index (κ2) is 7.33. The Balaban J connectivity index is 1.71. The van der Waals surface area contributed by atoms with Gasteiger partial charge in [-0.15, -0.1) is 11.3 Å². The normalized spacial score (nSPS) is 11.4. The number of ether oxygens (including phenoxy) is 2. The number of benzene rings is 1. The predicted octanol–water partition coefficient (Wildman–Crippen LogP) is 5.98. The van der Waals surface area contributed by atoms with Crippen LogP contribution in [-0.4, -0.2) is 4.98 Å². The minimum atomic E-state index is -4.41. The van der Waals surface area contributed by atoms with Gasteiger partial charge in [0.25, 0.3) is 0 Å². The Morgan fingerprint density at radius 2 is 1.73 bits per heavy atom. The Morgan fingerprint density at radius 1 is 1.04 bits per heavy atom. The fourth-order valence-electron chi connectivity index (χ4n) is 2.11. The van der Waals surface area contributed by atoms with E-state index in [9.17, 15) is 17.6 Å². The first-order valence-electron chi connectivity index (χ1n) is 7.49. The number of alkyl halides is 3. The van der Waals surface area contributed by atoms with Crippen LogP contribution in [0.5, 0.6) is 17.5 Å². The zero-order valence-corrected chi connectivity index (χ0v) is 14.3. The monoisotopic (exact) mass is 383 g/mol. The number of thiophene rings is 1. The summed E-state index contributed by atoms with van der Waals surface area (Å²) in [4.78, 5) is 3.40. The topological polar surface area (TPSA) is 31.4 Å². The standard InChI is InChI=1S/C18H13F4NO2S/c1-11-6-16(24-9-12-2-4-13(19)5-3-12)23-17(7-11)25-14-8-15(26-10-14)18(20,21)22/h2-8,10H,9H2,1H3. The molecule has 0 aliphatic carbocycles. The quantitative estimate of drug-likeness (QED) is 0.508. The molecule has 0 fully saturated rings. The van der Waals surface area contributed by atoms with E-state index in [4.69, 9.17) is 9.47 Å². The van der Waals surface area contributed by atoms with E-state index < -0.39 is 11.1 Å². The first-order valence-corrected chi connectivity index (χ1v) is 8.37. The fourth-order valence-corrected chi connectivity index (χ4v) is 2.79. The van der Waals surface area contributed by atoms with Gasteiger partial charge < -0.3 is 9.47 Å². The van der Waals surface area contributed by atoms with Gasteiger partial charge in [0.2, 0.25) is 11.8 Å². The van der Waals surface area contributed by atoms with Gasteiger partial charge in [-0.05, 0) is 30.2 Å². The summed E-state index contributed by atoms with van der Waals surface area (Å²) in [5.74, 6) is 0.109. The molecular formula is C18H13F4NO2S. The van der Waals surface area contributed by atoms with Gasteiger partial charge in [-0.2, -0.15) is 18.2 Å². The lowest BCUT2D eigenvalue weighted by Gasteiger charge is -2.09. The maximum absolute atomic E-state index is 12.9. The Bertz CT molecular complexity index is 891. The van der Waals surface area contributed by atoms with E-state index in [1.54, 1.807) is 31.2 Å². The number of rotatable bonds is 5. The molecule has 1 aromatic carbocycles. The largest absolute Gasteiger partial charge is 0.473 e. The van der Waals surface area contributed by atoms with Crippen LogP contribution < -0.4 is 9.47 Å². The van der Waals surface area contributed by atoms with Crippen molar-refractivity contribution in [3.8, 4) is 17.5 Å². The predicted molar refractivity (Wildman–Crippen MR) is 89.1 cm³/mol. The molecule has 0 amide bonds. The third kappa shape index (κ3) is 4.72. The van der Waals surface area contributed by atoms with Crippen molar-refractivity contribution in [3.05, 3.63) is 69.7 Å². The average molecular weight is 383 g/mol. The maximum Gasteiger partial charge on any atom is 0.425 e. The summed E-state index contributed by atoms with van der Waals surface area (Å²) in [6.45, 7) is 1.96. The molecule has 2 heterocycles. The van der Waals surface area contributed by atoms with E-state index in [1.165, 1.54) is 17.5 Å². The van der Waals surface area contributed by atoms with Crippen LogP contribution in [0.4, 0.5) is 17.6 Å². The van der Waals surface area contributed by atoms with Crippen molar-refractivity contribution in [2.75, 3.05) is 0 Å². The Morgan fingerprint density at radius 3 is 2.38 bits per heavy atom. The third-order valence-electron chi connectivity index (χ3n) is 3.30. The number of aromatic nitrogens is 1. The van der Waals surface area contributed by atoms with Gasteiger partial charge in [0.1, 0.15) is 23.1 Å². The molecule has 0 aliphatic heterocycles. The summed E-state index contributed by atoms with van der Waals surface area (Å²) in [5.41, 5.74) is 1.53. The van der Waals surface area contributed by atoms with Gasteiger partial charge in [-0.1, -0.05) is 12.1 Å². The van der Waals surface area contributed by atoms with Crippen LogP contribution in [0.25, 0.3) is 0 Å². The highest BCUT2D eigenvalue weighted by Gasteiger charge is 2.32. The molecule has 3 rings (SSSR count). The zero-order valence-electron chi connectivity index (χ0n) is 13.5. The molecule has 0 N–H and O–H groups in total. The summed E-state index contributed by atoms with van der Waals surface area (Å²) < 4.78 is 61.8. The highest BCUT2D eigenvalue weighted by atomic mass is 32.1. The first kappa shape index (κ1) is 18.2. The van der Waals surface area contributed by atoms with Gasteiger partial charge in [0, 0.05) is 23.6 Å². The number of hydrogen-bond donors (Lipinski definition) is 0. The van der Waals surface area contributed by atoms with E-state index in [2.05, 4.69) is 4.98 Å². The maximum atomic E-state index is 12.9. The highest BCUT2D eigenvalue weighted by Crippen LogP contribution is 2.37. The molecule has 0 atom stereocenters. The number of halogens is 4. The van der Waals surface area contributed by atoms with Crippen LogP contribution in [0.15, 0.2) is 47.8 Å². The molecule has 0 spiro atoms. The molecule has 8 heteroatoms. The zero-order chi connectivity index (χ0) is 18.7. The van der Waals surface area contributed by atoms with Crippen LogP contribution in [0.2, 0.25) is 0 Å². The van der Waals surface area contributed by atoms with Gasteiger partial charge in [0.15, 0.2) is 0 Å². The van der Waals surface area contributed by atoms with Crippen molar-refractivity contribution in [1.82, 2.24) is 4.98 Å². The Kier molecular flexibility index (Phi) is 5.13. The fraction of sp³-hybridized carbons (Fsp3) is 0.167. The second-order valence-corrected chi connectivity index (χ2v) is 6.39. The van der Waals surface area contributed by atoms with Crippen LogP contribution in [0.3, 0.4) is 0 Å². The Hall–Kier alpha value is -2.61. The minimum absolute atomic E-state index is 0.0601. The van der Waals surface area contributed by atoms with Gasteiger partial charge in [-0.3, -0.25) is 0 Å². The first-order chi connectivity index (χ1) is 12.3. The van der Waals surface area contributed by atoms with E-state index in [-0.39, 0.29) is 29.9 Å². The van der Waals surface area contributed by atoms with E-state index >= 15 is 0 Å². The van der Waals surface area contributed by atoms with Gasteiger partial charge >= 0.3 is 6.18 Å². The smallest absolute Gasteiger partial charge is 0.425 e. The molecule has 0 bridgehead atoms. The lowest BCUT2D eigenvalue weighted by atomic mass is 10.2. The van der Waals surface area contributed by atoms with Crippen molar-refractivity contribution in [1.29, 1.82) is 0 Å². The molecule has 0 saturated carbocycles. The second-order valence-electron chi connectivity index (χ2n) is 5.48. The molecule has 0 radical (unpaired) electrons. The van der Waals surface area contributed by atoms with Crippen LogP contribution >= 0.6 is 11.3 Å². The third-order valence-corrected chi connectivity index (χ3v) is 4.25. The molecular weight excluding hydrogens is 370 g/mol. The molecule has 3 nitrogen and oxygen atoms in total. The minimum Gasteiger partial charge on any atom is -0.473 e. The summed E-state index contributed by atoms with van der Waals surface area (Å²) in [6.07, 6.45) is -4.41. The van der Waals surface area contributed by atoms with Gasteiger partial charge in [0.05, 0.1) is 0 Å². The van der Waals surface area contributed by atoms with E-state index in [1.807, 2.05) is 0 Å². The SMILES string of the molecule is Cc1cc(OCc2ccc(F)cc2)nc(Oc2csc(C(F)(F)F)c2)c1. The number of aryl methyl sites for hydroxylation is 1. The summed E-state index contributed by atoms with van der Waals surface area (Å²) in [7, 11) is 0. The number of pyridine rings is 1. The van der Waals surface area contributed by atoms with Gasteiger partial charge in [-0.25, -0.2) is 4.39 Å². The molecule has 136 valence electrons. The molecule has 0 aliphatic rings. The summed E-state index contributed by atoms with van der Waals surface area (Å²) in [6, 6.07) is 10.0. The lowest BCUT2D eigenvalue weighted by Crippen LogP contribution is -2.01. The van der Waals surface area contributed by atoms with Crippen molar-refractivity contribution in [2.45, 2.75) is 19.7 Å². The lowest BCUT2D eigenvalue weighted by molar-refractivity contribution is -0.134. The number of hydrogen-bond acceptors (Lipinski definition) is 4. The van der Waals surface area contributed by atoms with Crippen molar-refractivity contribution < 1.29 is 27.0 Å². The van der Waals surface area contributed by atoms with Crippen molar-refractivity contribution in [2.24, 2.45) is 0 Å². The highest BCUT2D eigenvalue weighted by molar-refractivity contribution is 7.10. The van der Waals surface area contributed by atoms with E-state index in [0.717, 1.165) is 17.2 Å². The van der Waals surface area contributed by atoms with Crippen LogP contribution in [-0.2, 0) is 12.8 Å². The molecule has 0 saturated heterocycles. The molecule has 26 heavy (non-hydrogen) atoms. The van der Waals surface area contributed by atoms with Crippen LogP contribution in [0, 0.1) is 12.7 Å². The summed E-state index contributed by atoms with van der Waals surface area (Å²) >= 11 is 0.553. The molecule has 2 aromatic heterocycles.